The minimum atomic E-state index is -4.35. The molecule has 0 radical (unpaired) electrons. The van der Waals surface area contributed by atoms with Gasteiger partial charge in [-0.2, -0.15) is 13.2 Å². The predicted molar refractivity (Wildman–Crippen MR) is 73.7 cm³/mol. The third-order valence-corrected chi connectivity index (χ3v) is 4.47. The van der Waals surface area contributed by atoms with E-state index < -0.39 is 23.4 Å². The molecular weight excluding hydrogens is 281 g/mol. The SMILES string of the molecule is CC1CCC(O)(C(O)Cc2ccc(C(F)(F)F)cc2)CC1. The molecule has 1 aliphatic carbocycles. The van der Waals surface area contributed by atoms with Gasteiger partial charge in [-0.1, -0.05) is 19.1 Å². The molecule has 1 unspecified atom stereocenters. The van der Waals surface area contributed by atoms with E-state index in [4.69, 9.17) is 0 Å². The van der Waals surface area contributed by atoms with Crippen LogP contribution in [0.3, 0.4) is 0 Å². The van der Waals surface area contributed by atoms with E-state index in [-0.39, 0.29) is 6.42 Å². The Morgan fingerprint density at radius 1 is 1.19 bits per heavy atom. The van der Waals surface area contributed by atoms with Gasteiger partial charge in [0.1, 0.15) is 0 Å². The summed E-state index contributed by atoms with van der Waals surface area (Å²) in [7, 11) is 0. The Hall–Kier alpha value is -1.07. The zero-order chi connectivity index (χ0) is 15.7. The summed E-state index contributed by atoms with van der Waals surface area (Å²) >= 11 is 0. The number of hydrogen-bond donors (Lipinski definition) is 2. The Bertz CT molecular complexity index is 459. The fourth-order valence-corrected chi connectivity index (χ4v) is 2.84. The fraction of sp³-hybridized carbons (Fsp3) is 0.625. The molecule has 2 N–H and O–H groups in total. The van der Waals surface area contributed by atoms with Crippen LogP contribution in [0.4, 0.5) is 13.2 Å². The van der Waals surface area contributed by atoms with Gasteiger partial charge in [-0.15, -0.1) is 0 Å². The summed E-state index contributed by atoms with van der Waals surface area (Å²) in [5, 5.41) is 20.7. The average Bonchev–Trinajstić information content (AvgIpc) is 2.42. The minimum Gasteiger partial charge on any atom is -0.390 e. The Labute approximate surface area is 122 Å². The van der Waals surface area contributed by atoms with Crippen LogP contribution < -0.4 is 0 Å². The average molecular weight is 302 g/mol. The molecule has 0 spiro atoms. The lowest BCUT2D eigenvalue weighted by Gasteiger charge is -2.38. The molecule has 1 aromatic rings. The number of hydrogen-bond acceptors (Lipinski definition) is 2. The molecule has 0 amide bonds. The second-order valence-corrected chi connectivity index (χ2v) is 6.20. The fourth-order valence-electron chi connectivity index (χ4n) is 2.84. The second-order valence-electron chi connectivity index (χ2n) is 6.20. The third-order valence-electron chi connectivity index (χ3n) is 4.47. The van der Waals surface area contributed by atoms with Crippen molar-refractivity contribution in [2.24, 2.45) is 5.92 Å². The summed E-state index contributed by atoms with van der Waals surface area (Å²) in [5.41, 5.74) is -1.22. The molecule has 1 fully saturated rings. The molecule has 1 saturated carbocycles. The van der Waals surface area contributed by atoms with Crippen molar-refractivity contribution in [3.05, 3.63) is 35.4 Å². The summed E-state index contributed by atoms with van der Waals surface area (Å²) in [6.07, 6.45) is -2.33. The second kappa shape index (κ2) is 5.97. The van der Waals surface area contributed by atoms with Crippen molar-refractivity contribution in [3.8, 4) is 0 Å². The van der Waals surface area contributed by atoms with Crippen LogP contribution in [0.5, 0.6) is 0 Å². The van der Waals surface area contributed by atoms with E-state index in [1.165, 1.54) is 12.1 Å². The van der Waals surface area contributed by atoms with Gasteiger partial charge < -0.3 is 10.2 Å². The predicted octanol–water partition coefficient (Wildman–Crippen LogP) is 3.55. The Morgan fingerprint density at radius 3 is 2.19 bits per heavy atom. The Kier molecular flexibility index (Phi) is 4.63. The lowest BCUT2D eigenvalue weighted by Crippen LogP contribution is -2.46. The topological polar surface area (TPSA) is 40.5 Å². The monoisotopic (exact) mass is 302 g/mol. The van der Waals surface area contributed by atoms with Gasteiger partial charge in [0.2, 0.25) is 0 Å². The number of benzene rings is 1. The van der Waals surface area contributed by atoms with E-state index >= 15 is 0 Å². The maximum absolute atomic E-state index is 12.5. The van der Waals surface area contributed by atoms with Crippen LogP contribution in [-0.4, -0.2) is 21.9 Å². The van der Waals surface area contributed by atoms with Crippen LogP contribution in [0.25, 0.3) is 0 Å². The van der Waals surface area contributed by atoms with Crippen LogP contribution in [-0.2, 0) is 12.6 Å². The maximum Gasteiger partial charge on any atom is 0.416 e. The molecule has 1 atom stereocenters. The quantitative estimate of drug-likeness (QED) is 0.896. The highest BCUT2D eigenvalue weighted by Gasteiger charge is 2.38. The highest BCUT2D eigenvalue weighted by molar-refractivity contribution is 5.25. The van der Waals surface area contributed by atoms with Crippen molar-refractivity contribution in [1.82, 2.24) is 0 Å². The molecule has 118 valence electrons. The van der Waals surface area contributed by atoms with Gasteiger partial charge >= 0.3 is 6.18 Å². The molecule has 0 saturated heterocycles. The first kappa shape index (κ1) is 16.3. The highest BCUT2D eigenvalue weighted by atomic mass is 19.4. The highest BCUT2D eigenvalue weighted by Crippen LogP contribution is 2.35. The molecule has 1 aliphatic rings. The van der Waals surface area contributed by atoms with E-state index in [1.54, 1.807) is 0 Å². The molecule has 1 aromatic carbocycles. The normalized spacial score (nSPS) is 28.4. The first-order valence-corrected chi connectivity index (χ1v) is 7.27. The smallest absolute Gasteiger partial charge is 0.390 e. The van der Waals surface area contributed by atoms with Crippen LogP contribution in [0.15, 0.2) is 24.3 Å². The van der Waals surface area contributed by atoms with Crippen molar-refractivity contribution in [2.75, 3.05) is 0 Å². The van der Waals surface area contributed by atoms with Crippen LogP contribution in [0, 0.1) is 5.92 Å². The lowest BCUT2D eigenvalue weighted by atomic mass is 9.75. The van der Waals surface area contributed by atoms with E-state index in [2.05, 4.69) is 6.92 Å². The zero-order valence-electron chi connectivity index (χ0n) is 12.0. The molecule has 2 rings (SSSR count). The zero-order valence-corrected chi connectivity index (χ0v) is 12.0. The van der Waals surface area contributed by atoms with Gasteiger partial charge in [-0.05, 0) is 49.3 Å². The van der Waals surface area contributed by atoms with Gasteiger partial charge in [0.25, 0.3) is 0 Å². The molecule has 5 heteroatoms. The molecule has 21 heavy (non-hydrogen) atoms. The third kappa shape index (κ3) is 3.98. The summed E-state index contributed by atoms with van der Waals surface area (Å²) < 4.78 is 37.4. The largest absolute Gasteiger partial charge is 0.416 e. The summed E-state index contributed by atoms with van der Waals surface area (Å²) in [4.78, 5) is 0. The standard InChI is InChI=1S/C16H21F3O2/c1-11-6-8-15(21,9-7-11)14(20)10-12-2-4-13(5-3-12)16(17,18)19/h2-5,11,14,20-21H,6-10H2,1H3. The molecule has 0 bridgehead atoms. The van der Waals surface area contributed by atoms with E-state index in [0.29, 0.717) is 24.3 Å². The molecular formula is C16H21F3O2. The van der Waals surface area contributed by atoms with Gasteiger partial charge in [0, 0.05) is 6.42 Å². The van der Waals surface area contributed by atoms with E-state index in [9.17, 15) is 23.4 Å². The summed E-state index contributed by atoms with van der Waals surface area (Å²) in [6, 6.07) is 4.74. The summed E-state index contributed by atoms with van der Waals surface area (Å²) in [5.74, 6) is 0.545. The molecule has 0 aromatic heterocycles. The van der Waals surface area contributed by atoms with Crippen molar-refractivity contribution in [2.45, 2.75) is 56.9 Å². The van der Waals surface area contributed by atoms with Crippen molar-refractivity contribution >= 4 is 0 Å². The summed E-state index contributed by atoms with van der Waals surface area (Å²) in [6.45, 7) is 2.11. The van der Waals surface area contributed by atoms with Crippen LogP contribution >= 0.6 is 0 Å². The van der Waals surface area contributed by atoms with Crippen molar-refractivity contribution < 1.29 is 23.4 Å². The van der Waals surface area contributed by atoms with Crippen LogP contribution in [0.1, 0.15) is 43.7 Å². The van der Waals surface area contributed by atoms with Crippen molar-refractivity contribution in [1.29, 1.82) is 0 Å². The van der Waals surface area contributed by atoms with Gasteiger partial charge in [0.15, 0.2) is 0 Å². The number of rotatable bonds is 3. The van der Waals surface area contributed by atoms with Crippen molar-refractivity contribution in [3.63, 3.8) is 0 Å². The molecule has 2 nitrogen and oxygen atoms in total. The number of alkyl halides is 3. The van der Waals surface area contributed by atoms with Crippen LogP contribution in [0.2, 0.25) is 0 Å². The first-order valence-electron chi connectivity index (χ1n) is 7.27. The first-order chi connectivity index (χ1) is 9.71. The maximum atomic E-state index is 12.5. The van der Waals surface area contributed by atoms with E-state index in [1.807, 2.05) is 0 Å². The Balaban J connectivity index is 2.01. The van der Waals surface area contributed by atoms with Gasteiger partial charge in [-0.3, -0.25) is 0 Å². The van der Waals surface area contributed by atoms with Gasteiger partial charge in [-0.25, -0.2) is 0 Å². The number of halogens is 3. The molecule has 0 heterocycles. The minimum absolute atomic E-state index is 0.170. The number of aliphatic hydroxyl groups excluding tert-OH is 1. The van der Waals surface area contributed by atoms with Gasteiger partial charge in [0.05, 0.1) is 17.3 Å². The Morgan fingerprint density at radius 2 is 1.71 bits per heavy atom. The lowest BCUT2D eigenvalue weighted by molar-refractivity contribution is -0.137. The van der Waals surface area contributed by atoms with E-state index in [0.717, 1.165) is 25.0 Å². The number of aliphatic hydroxyl groups is 2. The molecule has 0 aliphatic heterocycles.